The highest BCUT2D eigenvalue weighted by Gasteiger charge is 2.43. The van der Waals surface area contributed by atoms with Gasteiger partial charge in [0.05, 0.1) is 16.1 Å². The number of fused-ring (bicyclic) bond motifs is 1. The Morgan fingerprint density at radius 1 is 1.12 bits per heavy atom. The monoisotopic (exact) mass is 470 g/mol. The van der Waals surface area contributed by atoms with Gasteiger partial charge >= 0.3 is 12.1 Å². The molecule has 1 aromatic carbocycles. The van der Waals surface area contributed by atoms with Gasteiger partial charge in [-0.3, -0.25) is 34.2 Å². The van der Waals surface area contributed by atoms with Gasteiger partial charge in [-0.1, -0.05) is 0 Å². The molecule has 10 nitrogen and oxygen atoms in total. The summed E-state index contributed by atoms with van der Waals surface area (Å²) < 4.78 is 37.4. The first-order valence-corrected chi connectivity index (χ1v) is 10.3. The molecule has 33 heavy (non-hydrogen) atoms. The lowest BCUT2D eigenvalue weighted by molar-refractivity contribution is -0.384. The second-order valence-corrected chi connectivity index (χ2v) is 7.89. The van der Waals surface area contributed by atoms with Crippen molar-refractivity contribution in [1.82, 2.24) is 15.1 Å². The fourth-order valence-corrected chi connectivity index (χ4v) is 3.86. The van der Waals surface area contributed by atoms with Crippen molar-refractivity contribution in [2.24, 2.45) is 5.92 Å². The minimum Gasteiger partial charge on any atom is -0.356 e. The Balaban J connectivity index is 1.40. The molecule has 0 bridgehead atoms. The van der Waals surface area contributed by atoms with Crippen molar-refractivity contribution in [2.45, 2.75) is 31.9 Å². The van der Waals surface area contributed by atoms with Crippen molar-refractivity contribution in [2.75, 3.05) is 26.2 Å². The summed E-state index contributed by atoms with van der Waals surface area (Å²) in [6, 6.07) is 3.42. The van der Waals surface area contributed by atoms with Gasteiger partial charge in [0.15, 0.2) is 0 Å². The van der Waals surface area contributed by atoms with E-state index in [4.69, 9.17) is 0 Å². The highest BCUT2D eigenvalue weighted by atomic mass is 19.4. The molecule has 13 heteroatoms. The van der Waals surface area contributed by atoms with E-state index in [1.54, 1.807) is 0 Å². The van der Waals surface area contributed by atoms with Gasteiger partial charge in [0, 0.05) is 44.7 Å². The Hall–Kier alpha value is -3.51. The Bertz CT molecular complexity index is 989. The van der Waals surface area contributed by atoms with Crippen LogP contribution in [0, 0.1) is 16.0 Å². The summed E-state index contributed by atoms with van der Waals surface area (Å²) in [6.07, 6.45) is -4.03. The number of hydrogen-bond acceptors (Lipinski definition) is 6. The van der Waals surface area contributed by atoms with Crippen LogP contribution in [0.5, 0.6) is 0 Å². The minimum atomic E-state index is -4.89. The number of halogens is 3. The molecule has 1 saturated heterocycles. The summed E-state index contributed by atoms with van der Waals surface area (Å²) >= 11 is 0. The molecule has 0 spiro atoms. The van der Waals surface area contributed by atoms with Crippen molar-refractivity contribution in [3.8, 4) is 0 Å². The number of piperidine rings is 1. The Morgan fingerprint density at radius 3 is 2.36 bits per heavy atom. The SMILES string of the molecule is O=C(CCCN1C(=O)c2ccc([N+](=O)[O-])cc2C1=O)NCC1CCN(C(=O)C(F)(F)F)CC1. The molecule has 0 aliphatic carbocycles. The molecule has 1 N–H and O–H groups in total. The molecule has 1 aromatic rings. The van der Waals surface area contributed by atoms with Crippen molar-refractivity contribution < 1.29 is 37.3 Å². The zero-order valence-corrected chi connectivity index (χ0v) is 17.4. The molecule has 0 radical (unpaired) electrons. The number of nitrogens with one attached hydrogen (secondary N) is 1. The van der Waals surface area contributed by atoms with Gasteiger partial charge in [0.2, 0.25) is 5.91 Å². The number of nitrogens with zero attached hydrogens (tertiary/aromatic N) is 3. The second kappa shape index (κ2) is 9.55. The van der Waals surface area contributed by atoms with E-state index in [9.17, 15) is 42.5 Å². The summed E-state index contributed by atoms with van der Waals surface area (Å²) in [5, 5.41) is 13.6. The minimum absolute atomic E-state index is 0.0129. The standard InChI is InChI=1S/C20H21F3N4O6/c21-20(22,23)19(31)25-8-5-12(6-9-25)11-24-16(28)2-1-7-26-17(29)14-4-3-13(27(32)33)10-15(14)18(26)30/h3-4,10,12H,1-2,5-9,11H2,(H,24,28). The summed E-state index contributed by atoms with van der Waals surface area (Å²) in [5.74, 6) is -3.48. The van der Waals surface area contributed by atoms with E-state index in [1.807, 2.05) is 0 Å². The maximum absolute atomic E-state index is 12.5. The first-order valence-electron chi connectivity index (χ1n) is 10.3. The fourth-order valence-electron chi connectivity index (χ4n) is 3.86. The van der Waals surface area contributed by atoms with E-state index in [-0.39, 0.29) is 67.7 Å². The highest BCUT2D eigenvalue weighted by molar-refractivity contribution is 6.21. The van der Waals surface area contributed by atoms with E-state index in [0.29, 0.717) is 12.8 Å². The van der Waals surface area contributed by atoms with Gasteiger partial charge in [-0.2, -0.15) is 13.2 Å². The number of benzene rings is 1. The van der Waals surface area contributed by atoms with Gasteiger partial charge in [-0.15, -0.1) is 0 Å². The summed E-state index contributed by atoms with van der Waals surface area (Å²) in [7, 11) is 0. The van der Waals surface area contributed by atoms with Crippen LogP contribution in [-0.2, 0) is 9.59 Å². The largest absolute Gasteiger partial charge is 0.471 e. The molecule has 4 amide bonds. The molecule has 178 valence electrons. The Labute approximate surface area is 185 Å². The maximum atomic E-state index is 12.5. The molecule has 2 aliphatic heterocycles. The zero-order valence-electron chi connectivity index (χ0n) is 17.4. The number of likely N-dealkylation sites (tertiary alicyclic amines) is 1. The molecule has 0 saturated carbocycles. The third kappa shape index (κ3) is 5.46. The molecular weight excluding hydrogens is 449 g/mol. The van der Waals surface area contributed by atoms with Gasteiger partial charge in [0.1, 0.15) is 0 Å². The predicted molar refractivity (Wildman–Crippen MR) is 106 cm³/mol. The van der Waals surface area contributed by atoms with E-state index in [2.05, 4.69) is 5.32 Å². The first kappa shape index (κ1) is 24.1. The first-order chi connectivity index (χ1) is 15.5. The van der Waals surface area contributed by atoms with Crippen LogP contribution in [0.25, 0.3) is 0 Å². The van der Waals surface area contributed by atoms with Crippen molar-refractivity contribution in [1.29, 1.82) is 0 Å². The number of hydrogen-bond donors (Lipinski definition) is 1. The van der Waals surface area contributed by atoms with Crippen molar-refractivity contribution in [3.63, 3.8) is 0 Å². The molecule has 1 fully saturated rings. The Kier molecular flexibility index (Phi) is 6.98. The quantitative estimate of drug-likeness (QED) is 0.368. The summed E-state index contributed by atoms with van der Waals surface area (Å²) in [4.78, 5) is 60.0. The van der Waals surface area contributed by atoms with Crippen LogP contribution in [0.15, 0.2) is 18.2 Å². The number of nitro groups is 1. The van der Waals surface area contributed by atoms with Crippen LogP contribution in [0.2, 0.25) is 0 Å². The van der Waals surface area contributed by atoms with Gasteiger partial charge in [-0.25, -0.2) is 0 Å². The topological polar surface area (TPSA) is 130 Å². The predicted octanol–water partition coefficient (Wildman–Crippen LogP) is 1.89. The normalized spacial score (nSPS) is 16.7. The van der Waals surface area contributed by atoms with Gasteiger partial charge in [-0.05, 0) is 31.2 Å². The van der Waals surface area contributed by atoms with Gasteiger partial charge < -0.3 is 10.2 Å². The van der Waals surface area contributed by atoms with E-state index in [0.717, 1.165) is 21.9 Å². The third-order valence-corrected chi connectivity index (χ3v) is 5.68. The molecule has 0 unspecified atom stereocenters. The molecule has 2 heterocycles. The van der Waals surface area contributed by atoms with Crippen LogP contribution in [0.4, 0.5) is 18.9 Å². The number of alkyl halides is 3. The van der Waals surface area contributed by atoms with E-state index >= 15 is 0 Å². The Morgan fingerprint density at radius 2 is 1.76 bits per heavy atom. The fraction of sp³-hybridized carbons (Fsp3) is 0.500. The lowest BCUT2D eigenvalue weighted by atomic mass is 9.96. The van der Waals surface area contributed by atoms with Crippen molar-refractivity contribution >= 4 is 29.3 Å². The third-order valence-electron chi connectivity index (χ3n) is 5.68. The van der Waals surface area contributed by atoms with E-state index < -0.39 is 28.8 Å². The van der Waals surface area contributed by atoms with Crippen LogP contribution in [0.3, 0.4) is 0 Å². The van der Waals surface area contributed by atoms with Gasteiger partial charge in [0.25, 0.3) is 17.5 Å². The number of non-ortho nitro benzene ring substituents is 1. The van der Waals surface area contributed by atoms with E-state index in [1.165, 1.54) is 6.07 Å². The average Bonchev–Trinajstić information content (AvgIpc) is 3.01. The van der Waals surface area contributed by atoms with Crippen molar-refractivity contribution in [3.05, 3.63) is 39.4 Å². The number of rotatable bonds is 7. The highest BCUT2D eigenvalue weighted by Crippen LogP contribution is 2.27. The smallest absolute Gasteiger partial charge is 0.356 e. The maximum Gasteiger partial charge on any atom is 0.471 e. The lowest BCUT2D eigenvalue weighted by Crippen LogP contribution is -2.46. The van der Waals surface area contributed by atoms with Crippen LogP contribution in [-0.4, -0.2) is 70.7 Å². The number of carbonyl (C=O) groups is 4. The van der Waals surface area contributed by atoms with Crippen LogP contribution >= 0.6 is 0 Å². The molecule has 2 aliphatic rings. The number of carbonyl (C=O) groups excluding carboxylic acids is 4. The molecular formula is C20H21F3N4O6. The summed E-state index contributed by atoms with van der Waals surface area (Å²) in [6.45, 7) is 0.155. The van der Waals surface area contributed by atoms with Crippen LogP contribution < -0.4 is 5.32 Å². The molecule has 3 rings (SSSR count). The lowest BCUT2D eigenvalue weighted by Gasteiger charge is -2.32. The van der Waals surface area contributed by atoms with Crippen LogP contribution in [0.1, 0.15) is 46.4 Å². The number of imide groups is 1. The number of amides is 4. The summed E-state index contributed by atoms with van der Waals surface area (Å²) in [5.41, 5.74) is -0.274. The number of nitro benzene ring substituents is 1. The molecule has 0 aromatic heterocycles. The molecule has 0 atom stereocenters. The second-order valence-electron chi connectivity index (χ2n) is 7.89. The average molecular weight is 470 g/mol. The zero-order chi connectivity index (χ0) is 24.3.